The van der Waals surface area contributed by atoms with Crippen LogP contribution in [-0.2, 0) is 16.0 Å². The first-order valence-corrected chi connectivity index (χ1v) is 8.91. The lowest BCUT2D eigenvalue weighted by Crippen LogP contribution is -2.39. The molecule has 0 aliphatic carbocycles. The third-order valence-electron chi connectivity index (χ3n) is 3.95. The van der Waals surface area contributed by atoms with Gasteiger partial charge in [0, 0.05) is 24.5 Å². The van der Waals surface area contributed by atoms with E-state index in [1.54, 1.807) is 20.8 Å². The Morgan fingerprint density at radius 2 is 2.00 bits per heavy atom. The molecule has 1 unspecified atom stereocenters. The van der Waals surface area contributed by atoms with Crippen LogP contribution in [0.4, 0.5) is 16.2 Å². The predicted molar refractivity (Wildman–Crippen MR) is 102 cm³/mol. The zero-order valence-corrected chi connectivity index (χ0v) is 16.1. The van der Waals surface area contributed by atoms with E-state index in [1.165, 1.54) is 0 Å². The molecule has 0 spiro atoms. The Bertz CT molecular complexity index is 680. The second-order valence-electron chi connectivity index (χ2n) is 7.85. The zero-order valence-electron chi connectivity index (χ0n) is 16.1. The summed E-state index contributed by atoms with van der Waals surface area (Å²) in [4.78, 5) is 23.3. The van der Waals surface area contributed by atoms with Gasteiger partial charge in [0.25, 0.3) is 0 Å². The highest BCUT2D eigenvalue weighted by molar-refractivity contribution is 6.00. The highest BCUT2D eigenvalue weighted by Crippen LogP contribution is 2.36. The molecule has 1 heterocycles. The number of aliphatic hydroxyl groups excluding tert-OH is 1. The summed E-state index contributed by atoms with van der Waals surface area (Å²) in [5.41, 5.74) is 3.27. The van der Waals surface area contributed by atoms with Crippen LogP contribution in [-0.4, -0.2) is 41.9 Å². The van der Waals surface area contributed by atoms with E-state index >= 15 is 0 Å². The molecule has 26 heavy (non-hydrogen) atoms. The normalized spacial score (nSPS) is 14.7. The SMILES string of the molecule is CC(C)c1c(NCC(O)CNC(=O)OC(C)(C)C)ccc2c1CC(=O)N2. The molecule has 1 aromatic carbocycles. The number of fused-ring (bicyclic) bond motifs is 1. The topological polar surface area (TPSA) is 99.7 Å². The molecule has 1 aliphatic rings. The van der Waals surface area contributed by atoms with E-state index in [4.69, 9.17) is 4.74 Å². The van der Waals surface area contributed by atoms with Crippen LogP contribution in [0.15, 0.2) is 12.1 Å². The molecule has 144 valence electrons. The van der Waals surface area contributed by atoms with Crippen molar-refractivity contribution >= 4 is 23.4 Å². The summed E-state index contributed by atoms with van der Waals surface area (Å²) in [6.07, 6.45) is -0.946. The Kier molecular flexibility index (Phi) is 6.13. The molecule has 7 heteroatoms. The summed E-state index contributed by atoms with van der Waals surface area (Å²) in [7, 11) is 0. The summed E-state index contributed by atoms with van der Waals surface area (Å²) in [5, 5.41) is 18.8. The number of rotatable bonds is 6. The van der Waals surface area contributed by atoms with Gasteiger partial charge in [0.1, 0.15) is 5.60 Å². The smallest absolute Gasteiger partial charge is 0.407 e. The van der Waals surface area contributed by atoms with Crippen LogP contribution in [0, 0.1) is 0 Å². The van der Waals surface area contributed by atoms with Gasteiger partial charge in [-0.3, -0.25) is 4.79 Å². The Balaban J connectivity index is 1.94. The van der Waals surface area contributed by atoms with E-state index < -0.39 is 17.8 Å². The van der Waals surface area contributed by atoms with E-state index in [9.17, 15) is 14.7 Å². The van der Waals surface area contributed by atoms with Crippen LogP contribution in [0.3, 0.4) is 0 Å². The van der Waals surface area contributed by atoms with Gasteiger partial charge >= 0.3 is 6.09 Å². The molecule has 0 saturated heterocycles. The minimum atomic E-state index is -0.768. The summed E-state index contributed by atoms with van der Waals surface area (Å²) >= 11 is 0. The van der Waals surface area contributed by atoms with Crippen molar-refractivity contribution in [2.45, 2.75) is 58.7 Å². The van der Waals surface area contributed by atoms with Gasteiger partial charge in [-0.25, -0.2) is 4.79 Å². The number of amides is 2. The first-order chi connectivity index (χ1) is 12.1. The standard InChI is InChI=1S/C19H29N3O4/c1-11(2)17-13-8-16(24)22-14(13)6-7-15(17)20-9-12(23)10-21-18(25)26-19(3,4)5/h6-7,11-12,20,23H,8-10H2,1-5H3,(H,21,25)(H,22,24). The van der Waals surface area contributed by atoms with Crippen molar-refractivity contribution in [3.8, 4) is 0 Å². The number of carbonyl (C=O) groups is 2. The predicted octanol–water partition coefficient (Wildman–Crippen LogP) is 2.60. The average molecular weight is 363 g/mol. The third-order valence-corrected chi connectivity index (χ3v) is 3.95. The molecule has 0 bridgehead atoms. The summed E-state index contributed by atoms with van der Waals surface area (Å²) in [6, 6.07) is 3.79. The molecule has 2 rings (SSSR count). The molecule has 0 fully saturated rings. The first-order valence-electron chi connectivity index (χ1n) is 8.91. The quantitative estimate of drug-likeness (QED) is 0.623. The van der Waals surface area contributed by atoms with Crippen LogP contribution in [0.1, 0.15) is 51.7 Å². The fourth-order valence-electron chi connectivity index (χ4n) is 2.96. The highest BCUT2D eigenvalue weighted by Gasteiger charge is 2.24. The zero-order chi connectivity index (χ0) is 19.5. The first kappa shape index (κ1) is 20.0. The number of nitrogens with one attached hydrogen (secondary N) is 3. The van der Waals surface area contributed by atoms with Crippen molar-refractivity contribution in [2.24, 2.45) is 0 Å². The van der Waals surface area contributed by atoms with Gasteiger partial charge in [-0.15, -0.1) is 0 Å². The number of aliphatic hydroxyl groups is 1. The Morgan fingerprint density at radius 3 is 2.62 bits per heavy atom. The summed E-state index contributed by atoms with van der Waals surface area (Å²) < 4.78 is 5.14. The summed E-state index contributed by atoms with van der Waals surface area (Å²) in [6.45, 7) is 9.86. The number of carbonyl (C=O) groups excluding carboxylic acids is 2. The number of alkyl carbamates (subject to hydrolysis) is 1. The number of hydrogen-bond acceptors (Lipinski definition) is 5. The fraction of sp³-hybridized carbons (Fsp3) is 0.579. The molecule has 4 N–H and O–H groups in total. The van der Waals surface area contributed by atoms with Crippen LogP contribution in [0.5, 0.6) is 0 Å². The molecular weight excluding hydrogens is 334 g/mol. The maximum atomic E-state index is 11.7. The maximum Gasteiger partial charge on any atom is 0.407 e. The molecule has 7 nitrogen and oxygen atoms in total. The van der Waals surface area contributed by atoms with E-state index in [0.29, 0.717) is 6.42 Å². The van der Waals surface area contributed by atoms with Gasteiger partial charge in [-0.05, 0) is 49.9 Å². The van der Waals surface area contributed by atoms with Crippen LogP contribution >= 0.6 is 0 Å². The second-order valence-corrected chi connectivity index (χ2v) is 7.85. The molecule has 0 radical (unpaired) electrons. The van der Waals surface area contributed by atoms with Crippen molar-refractivity contribution in [2.75, 3.05) is 23.7 Å². The largest absolute Gasteiger partial charge is 0.444 e. The van der Waals surface area contributed by atoms with Crippen LogP contribution in [0.2, 0.25) is 0 Å². The minimum absolute atomic E-state index is 0.000598. The molecule has 0 aromatic heterocycles. The number of hydrogen-bond donors (Lipinski definition) is 4. The Labute approximate surface area is 154 Å². The van der Waals surface area contributed by atoms with Gasteiger partial charge in [-0.1, -0.05) is 13.8 Å². The number of ether oxygens (including phenoxy) is 1. The van der Waals surface area contributed by atoms with E-state index in [-0.39, 0.29) is 24.9 Å². The molecule has 1 aromatic rings. The summed E-state index contributed by atoms with van der Waals surface area (Å²) in [5.74, 6) is 0.234. The lowest BCUT2D eigenvalue weighted by Gasteiger charge is -2.22. The monoisotopic (exact) mass is 363 g/mol. The van der Waals surface area contributed by atoms with Crippen molar-refractivity contribution in [1.29, 1.82) is 0 Å². The van der Waals surface area contributed by atoms with Gasteiger partial charge in [-0.2, -0.15) is 0 Å². The molecule has 0 saturated carbocycles. The minimum Gasteiger partial charge on any atom is -0.444 e. The number of benzene rings is 1. The second kappa shape index (κ2) is 7.95. The van der Waals surface area contributed by atoms with E-state index in [0.717, 1.165) is 22.5 Å². The Hall–Kier alpha value is -2.28. The number of anilines is 2. The van der Waals surface area contributed by atoms with Crippen molar-refractivity contribution in [3.63, 3.8) is 0 Å². The van der Waals surface area contributed by atoms with Crippen molar-refractivity contribution < 1.29 is 19.4 Å². The van der Waals surface area contributed by atoms with Crippen molar-refractivity contribution in [3.05, 3.63) is 23.3 Å². The third kappa shape index (κ3) is 5.36. The lowest BCUT2D eigenvalue weighted by molar-refractivity contribution is -0.115. The van der Waals surface area contributed by atoms with Crippen LogP contribution in [0.25, 0.3) is 0 Å². The molecular formula is C19H29N3O4. The van der Waals surface area contributed by atoms with Gasteiger partial charge in [0.2, 0.25) is 5.91 Å². The van der Waals surface area contributed by atoms with E-state index in [2.05, 4.69) is 29.8 Å². The molecule has 1 aliphatic heterocycles. The van der Waals surface area contributed by atoms with E-state index in [1.807, 2.05) is 12.1 Å². The molecule has 1 atom stereocenters. The van der Waals surface area contributed by atoms with Crippen molar-refractivity contribution in [1.82, 2.24) is 5.32 Å². The molecule has 2 amide bonds. The van der Waals surface area contributed by atoms with Gasteiger partial charge < -0.3 is 25.8 Å². The van der Waals surface area contributed by atoms with Gasteiger partial charge in [0.15, 0.2) is 0 Å². The van der Waals surface area contributed by atoms with Crippen LogP contribution < -0.4 is 16.0 Å². The highest BCUT2D eigenvalue weighted by atomic mass is 16.6. The fourth-order valence-corrected chi connectivity index (χ4v) is 2.96. The van der Waals surface area contributed by atoms with Gasteiger partial charge in [0.05, 0.1) is 12.5 Å². The Morgan fingerprint density at radius 1 is 1.31 bits per heavy atom. The lowest BCUT2D eigenvalue weighted by atomic mass is 9.93. The average Bonchev–Trinajstić information content (AvgIpc) is 2.88. The maximum absolute atomic E-state index is 11.7.